The lowest BCUT2D eigenvalue weighted by atomic mass is 10.0. The number of aromatic nitrogens is 3. The maximum atomic E-state index is 13.1. The zero-order valence-electron chi connectivity index (χ0n) is 14.1. The SMILES string of the molecule is Cc1c(C(=O)C=Cc2c(C(F)(F)F)nn(C)c2Cl)c(Cl)nc2ccccc12. The Hall–Kier alpha value is -2.38. The van der Waals surface area contributed by atoms with Crippen LogP contribution >= 0.6 is 23.2 Å². The normalized spacial score (nSPS) is 12.3. The monoisotopic (exact) mass is 413 g/mol. The van der Waals surface area contributed by atoms with Crippen molar-refractivity contribution < 1.29 is 18.0 Å². The molecule has 0 saturated carbocycles. The molecule has 0 N–H and O–H groups in total. The minimum atomic E-state index is -4.70. The molecule has 0 bridgehead atoms. The number of para-hydroxylation sites is 1. The average Bonchev–Trinajstić information content (AvgIpc) is 2.88. The summed E-state index contributed by atoms with van der Waals surface area (Å²) >= 11 is 12.0. The van der Waals surface area contributed by atoms with Crippen molar-refractivity contribution in [3.05, 3.63) is 63.0 Å². The van der Waals surface area contributed by atoms with Crippen LogP contribution in [0.2, 0.25) is 10.3 Å². The standard InChI is InChI=1S/C18H12Cl2F3N3O/c1-9-10-5-3-4-6-12(10)24-16(19)14(9)13(27)8-7-11-15(18(21,22)23)25-26(2)17(11)20/h3-8H,1-2H3. The molecule has 3 rings (SSSR count). The molecular weight excluding hydrogens is 402 g/mol. The highest BCUT2D eigenvalue weighted by molar-refractivity contribution is 6.34. The molecule has 4 nitrogen and oxygen atoms in total. The summed E-state index contributed by atoms with van der Waals surface area (Å²) in [6.07, 6.45) is -2.72. The van der Waals surface area contributed by atoms with E-state index in [0.29, 0.717) is 11.1 Å². The van der Waals surface area contributed by atoms with Gasteiger partial charge in [-0.1, -0.05) is 41.4 Å². The van der Waals surface area contributed by atoms with Crippen LogP contribution in [0, 0.1) is 6.92 Å². The second-order valence-electron chi connectivity index (χ2n) is 5.79. The summed E-state index contributed by atoms with van der Waals surface area (Å²) in [6, 6.07) is 7.12. The minimum Gasteiger partial charge on any atom is -0.289 e. The Bertz CT molecular complexity index is 1090. The molecule has 2 aromatic heterocycles. The summed E-state index contributed by atoms with van der Waals surface area (Å²) in [6.45, 7) is 1.70. The quantitative estimate of drug-likeness (QED) is 0.323. The zero-order valence-corrected chi connectivity index (χ0v) is 15.6. The van der Waals surface area contributed by atoms with Crippen LogP contribution in [0.4, 0.5) is 13.2 Å². The maximum Gasteiger partial charge on any atom is 0.435 e. The van der Waals surface area contributed by atoms with Crippen molar-refractivity contribution in [2.75, 3.05) is 0 Å². The Morgan fingerprint density at radius 1 is 1.22 bits per heavy atom. The fraction of sp³-hybridized carbons (Fsp3) is 0.167. The van der Waals surface area contributed by atoms with E-state index in [1.807, 2.05) is 0 Å². The number of carbonyl (C=O) groups excluding carboxylic acids is 1. The smallest absolute Gasteiger partial charge is 0.289 e. The summed E-state index contributed by atoms with van der Waals surface area (Å²) in [5.74, 6) is -0.580. The Balaban J connectivity index is 2.06. The lowest BCUT2D eigenvalue weighted by molar-refractivity contribution is -0.141. The summed E-state index contributed by atoms with van der Waals surface area (Å²) in [5.41, 5.74) is -0.218. The van der Waals surface area contributed by atoms with Gasteiger partial charge in [0.25, 0.3) is 0 Å². The van der Waals surface area contributed by atoms with Gasteiger partial charge in [-0.3, -0.25) is 9.48 Å². The fourth-order valence-electron chi connectivity index (χ4n) is 2.74. The number of allylic oxidation sites excluding steroid dienone is 1. The van der Waals surface area contributed by atoms with E-state index < -0.39 is 17.7 Å². The second-order valence-corrected chi connectivity index (χ2v) is 6.51. The number of hydrogen-bond acceptors (Lipinski definition) is 3. The Morgan fingerprint density at radius 3 is 2.56 bits per heavy atom. The molecule has 0 aliphatic rings. The highest BCUT2D eigenvalue weighted by Crippen LogP contribution is 2.35. The number of rotatable bonds is 3. The van der Waals surface area contributed by atoms with Gasteiger partial charge in [-0.15, -0.1) is 0 Å². The summed E-state index contributed by atoms with van der Waals surface area (Å²) < 4.78 is 40.2. The number of nitrogens with zero attached hydrogens (tertiary/aromatic N) is 3. The highest BCUT2D eigenvalue weighted by atomic mass is 35.5. The number of pyridine rings is 1. The minimum absolute atomic E-state index is 0.0193. The van der Waals surface area contributed by atoms with Gasteiger partial charge in [0, 0.05) is 18.0 Å². The number of aryl methyl sites for hydroxylation is 2. The summed E-state index contributed by atoms with van der Waals surface area (Å²) in [5, 5.41) is 3.85. The van der Waals surface area contributed by atoms with E-state index in [1.165, 1.54) is 7.05 Å². The number of carbonyl (C=O) groups is 1. The van der Waals surface area contributed by atoms with Crippen LogP contribution in [0.1, 0.15) is 27.2 Å². The number of fused-ring (bicyclic) bond motifs is 1. The third-order valence-corrected chi connectivity index (χ3v) is 4.76. The largest absolute Gasteiger partial charge is 0.435 e. The molecule has 2 heterocycles. The van der Waals surface area contributed by atoms with E-state index in [9.17, 15) is 18.0 Å². The molecule has 0 radical (unpaired) electrons. The van der Waals surface area contributed by atoms with Crippen LogP contribution < -0.4 is 0 Å². The Morgan fingerprint density at radius 2 is 1.89 bits per heavy atom. The van der Waals surface area contributed by atoms with Crippen LogP contribution in [0.5, 0.6) is 0 Å². The number of halogens is 5. The van der Waals surface area contributed by atoms with Gasteiger partial charge in [0.15, 0.2) is 11.5 Å². The molecule has 0 amide bonds. The molecule has 0 unspecified atom stereocenters. The van der Waals surface area contributed by atoms with Crippen molar-refractivity contribution in [1.29, 1.82) is 0 Å². The van der Waals surface area contributed by atoms with Crippen molar-refractivity contribution in [3.63, 3.8) is 0 Å². The molecule has 140 valence electrons. The zero-order chi connectivity index (χ0) is 19.9. The molecule has 0 aliphatic heterocycles. The van der Waals surface area contributed by atoms with E-state index in [0.717, 1.165) is 22.2 Å². The van der Waals surface area contributed by atoms with Crippen molar-refractivity contribution in [1.82, 2.24) is 14.8 Å². The number of hydrogen-bond donors (Lipinski definition) is 0. The number of benzene rings is 1. The second kappa shape index (κ2) is 6.98. The molecule has 1 aromatic carbocycles. The Kier molecular flexibility index (Phi) is 5.01. The average molecular weight is 414 g/mol. The van der Waals surface area contributed by atoms with E-state index in [2.05, 4.69) is 10.1 Å². The Labute approximate surface area is 162 Å². The predicted molar refractivity (Wildman–Crippen MR) is 98.1 cm³/mol. The predicted octanol–water partition coefficient (Wildman–Crippen LogP) is 5.50. The first kappa shape index (κ1) is 19.4. The third-order valence-electron chi connectivity index (χ3n) is 4.04. The van der Waals surface area contributed by atoms with Crippen LogP contribution in [0.25, 0.3) is 17.0 Å². The third kappa shape index (κ3) is 3.57. The van der Waals surface area contributed by atoms with Crippen LogP contribution in [-0.4, -0.2) is 20.5 Å². The molecule has 0 saturated heterocycles. The van der Waals surface area contributed by atoms with Gasteiger partial charge < -0.3 is 0 Å². The first-order valence-corrected chi connectivity index (χ1v) is 8.43. The molecule has 0 fully saturated rings. The van der Waals surface area contributed by atoms with E-state index >= 15 is 0 Å². The van der Waals surface area contributed by atoms with Gasteiger partial charge in [0.05, 0.1) is 11.1 Å². The molecule has 0 spiro atoms. The van der Waals surface area contributed by atoms with E-state index in [1.54, 1.807) is 31.2 Å². The van der Waals surface area contributed by atoms with Gasteiger partial charge in [0.2, 0.25) is 0 Å². The summed E-state index contributed by atoms with van der Waals surface area (Å²) in [4.78, 5) is 16.8. The van der Waals surface area contributed by atoms with E-state index in [-0.39, 0.29) is 21.4 Å². The number of alkyl halides is 3. The highest BCUT2D eigenvalue weighted by Gasteiger charge is 2.38. The molecule has 27 heavy (non-hydrogen) atoms. The van der Waals surface area contributed by atoms with Crippen LogP contribution in [0.3, 0.4) is 0 Å². The lowest BCUT2D eigenvalue weighted by Gasteiger charge is -2.08. The van der Waals surface area contributed by atoms with Gasteiger partial charge in [-0.25, -0.2) is 4.98 Å². The van der Waals surface area contributed by atoms with Gasteiger partial charge in [0.1, 0.15) is 10.3 Å². The molecular formula is C18H12Cl2F3N3O. The topological polar surface area (TPSA) is 47.8 Å². The van der Waals surface area contributed by atoms with E-state index in [4.69, 9.17) is 23.2 Å². The van der Waals surface area contributed by atoms with Crippen molar-refractivity contribution in [2.45, 2.75) is 13.1 Å². The summed E-state index contributed by atoms with van der Waals surface area (Å²) in [7, 11) is 1.28. The first-order valence-electron chi connectivity index (χ1n) is 7.68. The maximum absolute atomic E-state index is 13.1. The van der Waals surface area contributed by atoms with Crippen molar-refractivity contribution >= 4 is 46.0 Å². The lowest BCUT2D eigenvalue weighted by Crippen LogP contribution is -2.08. The van der Waals surface area contributed by atoms with Gasteiger partial charge in [-0.05, 0) is 30.7 Å². The van der Waals surface area contributed by atoms with Gasteiger partial charge >= 0.3 is 6.18 Å². The van der Waals surface area contributed by atoms with Crippen molar-refractivity contribution in [2.24, 2.45) is 7.05 Å². The van der Waals surface area contributed by atoms with Crippen LogP contribution in [0.15, 0.2) is 30.3 Å². The fourth-order valence-corrected chi connectivity index (χ4v) is 3.26. The van der Waals surface area contributed by atoms with Crippen LogP contribution in [-0.2, 0) is 13.2 Å². The molecule has 0 aliphatic carbocycles. The molecule has 3 aromatic rings. The molecule has 9 heteroatoms. The number of ketones is 1. The van der Waals surface area contributed by atoms with Gasteiger partial charge in [-0.2, -0.15) is 18.3 Å². The van der Waals surface area contributed by atoms with Crippen molar-refractivity contribution in [3.8, 4) is 0 Å². The molecule has 0 atom stereocenters. The first-order chi connectivity index (χ1) is 12.6.